The predicted octanol–water partition coefficient (Wildman–Crippen LogP) is 0.100. The average molecular weight is 525 g/mol. The molecule has 0 saturated carbocycles. The summed E-state index contributed by atoms with van der Waals surface area (Å²) in [4.78, 5) is 42.2. The summed E-state index contributed by atoms with van der Waals surface area (Å²) in [5.41, 5.74) is 0.509. The predicted molar refractivity (Wildman–Crippen MR) is 111 cm³/mol. The van der Waals surface area contributed by atoms with Gasteiger partial charge in [0, 0.05) is 17.7 Å². The number of nitrogens with zero attached hydrogens (tertiary/aromatic N) is 2. The van der Waals surface area contributed by atoms with Gasteiger partial charge in [-0.2, -0.15) is 0 Å². The molecule has 2 aromatic rings. The number of hydroxylamine groups is 1. The first-order chi connectivity index (χ1) is 13.2. The molecule has 4 N–H and O–H groups in total. The largest absolute Gasteiger partial charge is 0.394 e. The number of hydrogen-bond donors (Lipinski definition) is 4. The van der Waals surface area contributed by atoms with Gasteiger partial charge < -0.3 is 15.5 Å². The highest BCUT2D eigenvalue weighted by atomic mass is 127. The van der Waals surface area contributed by atoms with Crippen LogP contribution in [-0.2, 0) is 18.9 Å². The first kappa shape index (κ1) is 22.4. The van der Waals surface area contributed by atoms with Crippen LogP contribution >= 0.6 is 34.2 Å². The van der Waals surface area contributed by atoms with Crippen molar-refractivity contribution in [2.24, 2.45) is 14.1 Å². The van der Waals surface area contributed by atoms with Crippen LogP contribution in [0.25, 0.3) is 0 Å². The summed E-state index contributed by atoms with van der Waals surface area (Å²) in [6.07, 6.45) is -1.20. The molecule has 0 spiro atoms. The number of carbonyl (C=O) groups excluding carboxylic acids is 1. The Bertz CT molecular complexity index is 1010. The fraction of sp³-hybridized carbons (Fsp3) is 0.312. The Hall–Kier alpha value is -1.93. The lowest BCUT2D eigenvalue weighted by molar-refractivity contribution is -0.0295. The van der Waals surface area contributed by atoms with Gasteiger partial charge in [0.1, 0.15) is 24.1 Å². The minimum absolute atomic E-state index is 0.0833. The third-order valence-corrected chi connectivity index (χ3v) is 4.71. The number of rotatable bonds is 7. The Morgan fingerprint density at radius 2 is 2.00 bits per heavy atom. The molecule has 12 heteroatoms. The number of nitrogens with one attached hydrogen (secondary N) is 2. The molecule has 10 nitrogen and oxygen atoms in total. The van der Waals surface area contributed by atoms with Gasteiger partial charge in [0.05, 0.1) is 17.3 Å². The second kappa shape index (κ2) is 9.52. The minimum Gasteiger partial charge on any atom is -0.394 e. The van der Waals surface area contributed by atoms with E-state index in [9.17, 15) is 19.5 Å². The zero-order valence-electron chi connectivity index (χ0n) is 14.9. The lowest BCUT2D eigenvalue weighted by Crippen LogP contribution is -2.43. The van der Waals surface area contributed by atoms with Crippen LogP contribution in [0, 0.1) is 3.57 Å². The molecule has 0 radical (unpaired) electrons. The van der Waals surface area contributed by atoms with E-state index in [1.165, 1.54) is 14.1 Å². The number of aromatic nitrogens is 2. The Balaban J connectivity index is 2.47. The van der Waals surface area contributed by atoms with Gasteiger partial charge in [-0.05, 0) is 40.8 Å². The molecule has 0 saturated heterocycles. The van der Waals surface area contributed by atoms with E-state index in [-0.39, 0.29) is 12.4 Å². The van der Waals surface area contributed by atoms with Gasteiger partial charge in [-0.1, -0.05) is 11.6 Å². The van der Waals surface area contributed by atoms with Crippen molar-refractivity contribution < 1.29 is 19.8 Å². The van der Waals surface area contributed by atoms with E-state index in [0.29, 0.717) is 10.7 Å². The minimum atomic E-state index is -1.20. The summed E-state index contributed by atoms with van der Waals surface area (Å²) >= 11 is 8.27. The monoisotopic (exact) mass is 524 g/mol. The van der Waals surface area contributed by atoms with Crippen LogP contribution in [0.1, 0.15) is 10.4 Å². The molecule has 1 aromatic heterocycles. The molecule has 0 unspecified atom stereocenters. The molecule has 0 aliphatic rings. The molecule has 28 heavy (non-hydrogen) atoms. The van der Waals surface area contributed by atoms with Gasteiger partial charge in [0.15, 0.2) is 0 Å². The molecular weight excluding hydrogens is 507 g/mol. The van der Waals surface area contributed by atoms with Crippen molar-refractivity contribution >= 4 is 51.6 Å². The van der Waals surface area contributed by atoms with Gasteiger partial charge in [-0.25, -0.2) is 10.3 Å². The molecule has 1 aromatic carbocycles. The molecule has 2 rings (SSSR count). The summed E-state index contributed by atoms with van der Waals surface area (Å²) in [7, 11) is 2.62. The first-order valence-electron chi connectivity index (χ1n) is 7.90. The van der Waals surface area contributed by atoms with Crippen LogP contribution in [-0.4, -0.2) is 44.6 Å². The standard InChI is InChI=1S/C16H18ClIN4O6/c1-21-13(19-11-4-3-8(18)5-10(11)17)12(15(26)22(2)16(21)27)14(25)20-28-7-9(24)6-23/h3-5,9,19,23-24H,6-7H2,1-2H3,(H,20,25)/t9-/m1/s1. The molecule has 152 valence electrons. The number of benzene rings is 1. The van der Waals surface area contributed by atoms with E-state index in [4.69, 9.17) is 21.5 Å². The van der Waals surface area contributed by atoms with Crippen LogP contribution < -0.4 is 22.0 Å². The van der Waals surface area contributed by atoms with E-state index in [1.54, 1.807) is 18.2 Å². The average Bonchev–Trinajstić information content (AvgIpc) is 2.66. The van der Waals surface area contributed by atoms with E-state index in [1.807, 2.05) is 5.48 Å². The molecule has 1 amide bonds. The summed E-state index contributed by atoms with van der Waals surface area (Å²) in [5.74, 6) is -1.02. The number of anilines is 2. The number of aliphatic hydroxyl groups excluding tert-OH is 2. The molecule has 0 aliphatic carbocycles. The zero-order valence-corrected chi connectivity index (χ0v) is 17.8. The van der Waals surface area contributed by atoms with Crippen molar-refractivity contribution in [2.45, 2.75) is 6.10 Å². The van der Waals surface area contributed by atoms with Gasteiger partial charge in [-0.15, -0.1) is 0 Å². The summed E-state index contributed by atoms with van der Waals surface area (Å²) in [6, 6.07) is 5.07. The maximum atomic E-state index is 12.6. The van der Waals surface area contributed by atoms with Crippen LogP contribution in [0.2, 0.25) is 5.02 Å². The number of halogens is 2. The lowest BCUT2D eigenvalue weighted by Gasteiger charge is -2.17. The smallest absolute Gasteiger partial charge is 0.332 e. The third-order valence-electron chi connectivity index (χ3n) is 3.73. The topological polar surface area (TPSA) is 135 Å². The Morgan fingerprint density at radius 1 is 1.32 bits per heavy atom. The van der Waals surface area contributed by atoms with Crippen molar-refractivity contribution in [1.29, 1.82) is 0 Å². The van der Waals surface area contributed by atoms with Crippen molar-refractivity contribution in [2.75, 3.05) is 18.5 Å². The maximum Gasteiger partial charge on any atom is 0.332 e. The summed E-state index contributed by atoms with van der Waals surface area (Å²) < 4.78 is 2.74. The quantitative estimate of drug-likeness (QED) is 0.298. The normalized spacial score (nSPS) is 11.9. The van der Waals surface area contributed by atoms with Crippen LogP contribution in [0.5, 0.6) is 0 Å². The van der Waals surface area contributed by atoms with E-state index in [0.717, 1.165) is 12.7 Å². The fourth-order valence-electron chi connectivity index (χ4n) is 2.22. The Morgan fingerprint density at radius 3 is 2.61 bits per heavy atom. The SMILES string of the molecule is Cn1c(Nc2ccc(I)cc2Cl)c(C(=O)NOC[C@H](O)CO)c(=O)n(C)c1=O. The molecule has 0 fully saturated rings. The third kappa shape index (κ3) is 4.91. The van der Waals surface area contributed by atoms with Crippen molar-refractivity contribution in [3.63, 3.8) is 0 Å². The van der Waals surface area contributed by atoms with Crippen molar-refractivity contribution in [1.82, 2.24) is 14.6 Å². The van der Waals surface area contributed by atoms with E-state index in [2.05, 4.69) is 27.9 Å². The molecule has 1 heterocycles. The van der Waals surface area contributed by atoms with Crippen LogP contribution in [0.3, 0.4) is 0 Å². The highest BCUT2D eigenvalue weighted by Crippen LogP contribution is 2.27. The number of amides is 1. The number of carbonyl (C=O) groups is 1. The van der Waals surface area contributed by atoms with Crippen LogP contribution in [0.4, 0.5) is 11.5 Å². The fourth-order valence-corrected chi connectivity index (χ4v) is 3.12. The van der Waals surface area contributed by atoms with E-state index < -0.39 is 35.4 Å². The Kier molecular flexibility index (Phi) is 7.60. The highest BCUT2D eigenvalue weighted by molar-refractivity contribution is 14.1. The molecule has 1 atom stereocenters. The molecule has 0 aliphatic heterocycles. The molecule has 0 bridgehead atoms. The Labute approximate surface area is 177 Å². The molecular formula is C16H18ClIN4O6. The van der Waals surface area contributed by atoms with Gasteiger partial charge >= 0.3 is 5.69 Å². The highest BCUT2D eigenvalue weighted by Gasteiger charge is 2.23. The second-order valence-corrected chi connectivity index (χ2v) is 7.41. The van der Waals surface area contributed by atoms with Gasteiger partial charge in [-0.3, -0.25) is 23.6 Å². The van der Waals surface area contributed by atoms with Gasteiger partial charge in [0.25, 0.3) is 11.5 Å². The zero-order chi connectivity index (χ0) is 21.0. The van der Waals surface area contributed by atoms with Crippen LogP contribution in [0.15, 0.2) is 27.8 Å². The first-order valence-corrected chi connectivity index (χ1v) is 9.36. The maximum absolute atomic E-state index is 12.6. The van der Waals surface area contributed by atoms with E-state index >= 15 is 0 Å². The van der Waals surface area contributed by atoms with Crippen molar-refractivity contribution in [3.8, 4) is 0 Å². The van der Waals surface area contributed by atoms with Crippen molar-refractivity contribution in [3.05, 3.63) is 53.2 Å². The number of hydrogen-bond acceptors (Lipinski definition) is 7. The lowest BCUT2D eigenvalue weighted by atomic mass is 10.2. The number of aliphatic hydroxyl groups is 2. The van der Waals surface area contributed by atoms with Gasteiger partial charge in [0.2, 0.25) is 0 Å². The summed E-state index contributed by atoms with van der Waals surface area (Å²) in [6.45, 7) is -0.949. The summed E-state index contributed by atoms with van der Waals surface area (Å²) in [5, 5.41) is 21.2. The second-order valence-electron chi connectivity index (χ2n) is 5.76.